The predicted molar refractivity (Wildman–Crippen MR) is 97.3 cm³/mol. The molecule has 0 atom stereocenters. The lowest BCUT2D eigenvalue weighted by Crippen LogP contribution is -2.15. The summed E-state index contributed by atoms with van der Waals surface area (Å²) >= 11 is 0. The molecule has 0 unspecified atom stereocenters. The van der Waals surface area contributed by atoms with E-state index in [1.165, 1.54) is 60.7 Å². The molecule has 2 aromatic heterocycles. The summed E-state index contributed by atoms with van der Waals surface area (Å²) in [4.78, 5) is 4.75. The van der Waals surface area contributed by atoms with Crippen molar-refractivity contribution in [1.29, 1.82) is 0 Å². The van der Waals surface area contributed by atoms with Gasteiger partial charge in [-0.25, -0.2) is 4.98 Å². The lowest BCUT2D eigenvalue weighted by Gasteiger charge is -2.13. The minimum atomic E-state index is 0.727. The number of aryl methyl sites for hydroxylation is 1. The predicted octanol–water partition coefficient (Wildman–Crippen LogP) is 3.98. The molecule has 1 N–H and O–H groups in total. The molecule has 0 spiro atoms. The standard InChI is InChI=1S/C20H29N3O/c1-24-12-4-11-23-14-16(13-22-17-7-8-17)19-18(9-10-21-20(19)23)15-5-2-3-6-15/h9-10,14-15,17,22H,2-8,11-13H2,1H3. The molecule has 0 amide bonds. The van der Waals surface area contributed by atoms with Crippen LogP contribution in [0.25, 0.3) is 11.0 Å². The third kappa shape index (κ3) is 3.35. The van der Waals surface area contributed by atoms with Crippen LogP contribution in [0.1, 0.15) is 62.0 Å². The van der Waals surface area contributed by atoms with Gasteiger partial charge in [0.05, 0.1) is 0 Å². The monoisotopic (exact) mass is 327 g/mol. The Hall–Kier alpha value is -1.39. The second kappa shape index (κ2) is 7.24. The molecule has 0 radical (unpaired) electrons. The van der Waals surface area contributed by atoms with E-state index in [9.17, 15) is 0 Å². The van der Waals surface area contributed by atoms with Gasteiger partial charge in [-0.3, -0.25) is 0 Å². The van der Waals surface area contributed by atoms with Gasteiger partial charge in [0, 0.05) is 50.6 Å². The Labute approximate surface area is 144 Å². The fourth-order valence-corrected chi connectivity index (χ4v) is 4.13. The van der Waals surface area contributed by atoms with Crippen molar-refractivity contribution in [3.8, 4) is 0 Å². The summed E-state index contributed by atoms with van der Waals surface area (Å²) in [5, 5.41) is 5.12. The van der Waals surface area contributed by atoms with Gasteiger partial charge in [0.15, 0.2) is 0 Å². The molecule has 2 saturated carbocycles. The van der Waals surface area contributed by atoms with Crippen molar-refractivity contribution < 1.29 is 4.74 Å². The summed E-state index contributed by atoms with van der Waals surface area (Å²) < 4.78 is 7.57. The molecule has 24 heavy (non-hydrogen) atoms. The molecule has 0 bridgehead atoms. The van der Waals surface area contributed by atoms with Crippen molar-refractivity contribution >= 4 is 11.0 Å². The first-order valence-electron chi connectivity index (χ1n) is 9.55. The highest BCUT2D eigenvalue weighted by Crippen LogP contribution is 2.39. The van der Waals surface area contributed by atoms with E-state index in [1.807, 2.05) is 6.20 Å². The number of methoxy groups -OCH3 is 1. The summed E-state index contributed by atoms with van der Waals surface area (Å²) in [6.07, 6.45) is 13.5. The molecular formula is C20H29N3O. The second-order valence-electron chi connectivity index (χ2n) is 7.43. The number of hydrogen-bond acceptors (Lipinski definition) is 3. The third-order valence-corrected chi connectivity index (χ3v) is 5.57. The Balaban J connectivity index is 1.68. The van der Waals surface area contributed by atoms with Gasteiger partial charge >= 0.3 is 0 Å². The van der Waals surface area contributed by atoms with Crippen molar-refractivity contribution in [2.75, 3.05) is 13.7 Å². The third-order valence-electron chi connectivity index (χ3n) is 5.57. The number of pyridine rings is 1. The van der Waals surface area contributed by atoms with Crippen LogP contribution in [0.3, 0.4) is 0 Å². The first-order chi connectivity index (χ1) is 11.9. The average Bonchev–Trinajstić information content (AvgIpc) is 3.14. The topological polar surface area (TPSA) is 39.1 Å². The van der Waals surface area contributed by atoms with Crippen molar-refractivity contribution in [3.05, 3.63) is 29.6 Å². The van der Waals surface area contributed by atoms with Gasteiger partial charge in [0.2, 0.25) is 0 Å². The van der Waals surface area contributed by atoms with Gasteiger partial charge in [0.1, 0.15) is 5.65 Å². The van der Waals surface area contributed by atoms with Crippen molar-refractivity contribution in [1.82, 2.24) is 14.9 Å². The van der Waals surface area contributed by atoms with Crippen molar-refractivity contribution in [2.45, 2.75) is 70.0 Å². The van der Waals surface area contributed by atoms with Crippen LogP contribution in [-0.4, -0.2) is 29.3 Å². The number of nitrogens with zero attached hydrogens (tertiary/aromatic N) is 2. The molecule has 0 aliphatic heterocycles. The van der Waals surface area contributed by atoms with Gasteiger partial charge < -0.3 is 14.6 Å². The highest BCUT2D eigenvalue weighted by atomic mass is 16.5. The molecule has 2 fully saturated rings. The number of hydrogen-bond donors (Lipinski definition) is 1. The van der Waals surface area contributed by atoms with E-state index in [0.717, 1.165) is 38.1 Å². The van der Waals surface area contributed by atoms with Gasteiger partial charge in [-0.1, -0.05) is 12.8 Å². The minimum Gasteiger partial charge on any atom is -0.385 e. The molecule has 4 nitrogen and oxygen atoms in total. The van der Waals surface area contributed by atoms with E-state index >= 15 is 0 Å². The number of ether oxygens (including phenoxy) is 1. The summed E-state index contributed by atoms with van der Waals surface area (Å²) in [5.41, 5.74) is 4.14. The number of nitrogens with one attached hydrogen (secondary N) is 1. The van der Waals surface area contributed by atoms with Gasteiger partial charge in [0.25, 0.3) is 0 Å². The first-order valence-corrected chi connectivity index (χ1v) is 9.55. The Morgan fingerprint density at radius 3 is 2.83 bits per heavy atom. The quantitative estimate of drug-likeness (QED) is 0.745. The minimum absolute atomic E-state index is 0.727. The van der Waals surface area contributed by atoms with Crippen LogP contribution in [0.15, 0.2) is 18.5 Å². The van der Waals surface area contributed by atoms with Gasteiger partial charge in [-0.05, 0) is 55.2 Å². The van der Waals surface area contributed by atoms with E-state index in [0.29, 0.717) is 0 Å². The maximum atomic E-state index is 5.23. The first kappa shape index (κ1) is 16.1. The maximum Gasteiger partial charge on any atom is 0.140 e. The van der Waals surface area contributed by atoms with Gasteiger partial charge in [-0.2, -0.15) is 0 Å². The van der Waals surface area contributed by atoms with E-state index < -0.39 is 0 Å². The molecular weight excluding hydrogens is 298 g/mol. The van der Waals surface area contributed by atoms with E-state index in [4.69, 9.17) is 9.72 Å². The zero-order valence-electron chi connectivity index (χ0n) is 14.8. The van der Waals surface area contributed by atoms with E-state index in [2.05, 4.69) is 22.1 Å². The SMILES string of the molecule is COCCCn1cc(CNC2CC2)c2c(C3CCCC3)ccnc21. The Bertz CT molecular complexity index is 683. The highest BCUT2D eigenvalue weighted by Gasteiger charge is 2.24. The Kier molecular flexibility index (Phi) is 4.86. The zero-order valence-corrected chi connectivity index (χ0v) is 14.8. The molecule has 0 saturated heterocycles. The average molecular weight is 327 g/mol. The Morgan fingerprint density at radius 1 is 1.25 bits per heavy atom. The van der Waals surface area contributed by atoms with Gasteiger partial charge in [-0.15, -0.1) is 0 Å². The smallest absolute Gasteiger partial charge is 0.140 e. The number of aromatic nitrogens is 2. The largest absolute Gasteiger partial charge is 0.385 e. The molecule has 4 rings (SSSR count). The van der Waals surface area contributed by atoms with Crippen LogP contribution >= 0.6 is 0 Å². The van der Waals surface area contributed by atoms with Crippen LogP contribution in [0.2, 0.25) is 0 Å². The maximum absolute atomic E-state index is 5.23. The normalized spacial score (nSPS) is 18.7. The molecule has 2 aliphatic rings. The number of rotatable bonds is 8. The fourth-order valence-electron chi connectivity index (χ4n) is 4.13. The lowest BCUT2D eigenvalue weighted by atomic mass is 9.94. The van der Waals surface area contributed by atoms with Crippen LogP contribution < -0.4 is 5.32 Å². The molecule has 0 aromatic carbocycles. The Morgan fingerprint density at radius 2 is 2.08 bits per heavy atom. The number of fused-ring (bicyclic) bond motifs is 1. The second-order valence-corrected chi connectivity index (χ2v) is 7.43. The van der Waals surface area contributed by atoms with E-state index in [1.54, 1.807) is 7.11 Å². The lowest BCUT2D eigenvalue weighted by molar-refractivity contribution is 0.190. The summed E-state index contributed by atoms with van der Waals surface area (Å²) in [6.45, 7) is 2.76. The molecule has 130 valence electrons. The van der Waals surface area contributed by atoms with Crippen LogP contribution in [0.4, 0.5) is 0 Å². The fraction of sp³-hybridized carbons (Fsp3) is 0.650. The molecule has 2 aliphatic carbocycles. The zero-order chi connectivity index (χ0) is 16.4. The summed E-state index contributed by atoms with van der Waals surface area (Å²) in [6, 6.07) is 3.02. The highest BCUT2D eigenvalue weighted by molar-refractivity contribution is 5.84. The molecule has 2 heterocycles. The van der Waals surface area contributed by atoms with Crippen LogP contribution in [-0.2, 0) is 17.8 Å². The summed E-state index contributed by atoms with van der Waals surface area (Å²) in [5.74, 6) is 0.727. The van der Waals surface area contributed by atoms with Crippen molar-refractivity contribution in [3.63, 3.8) is 0 Å². The van der Waals surface area contributed by atoms with Crippen LogP contribution in [0.5, 0.6) is 0 Å². The molecule has 2 aromatic rings. The van der Waals surface area contributed by atoms with E-state index in [-0.39, 0.29) is 0 Å². The molecule has 4 heteroatoms. The van der Waals surface area contributed by atoms with Crippen LogP contribution in [0, 0.1) is 0 Å². The van der Waals surface area contributed by atoms with Crippen molar-refractivity contribution in [2.24, 2.45) is 0 Å². The summed E-state index contributed by atoms with van der Waals surface area (Å²) in [7, 11) is 1.77.